The lowest BCUT2D eigenvalue weighted by Crippen LogP contribution is -2.46. The smallest absolute Gasteiger partial charge is 0.478 e. The van der Waals surface area contributed by atoms with Crippen molar-refractivity contribution in [1.29, 1.82) is 5.26 Å². The van der Waals surface area contributed by atoms with Crippen molar-refractivity contribution in [3.63, 3.8) is 0 Å². The van der Waals surface area contributed by atoms with Crippen molar-refractivity contribution in [2.75, 3.05) is 42.3 Å². The highest BCUT2D eigenvalue weighted by Crippen LogP contribution is 2.27. The number of aliphatic carboxylic acids is 1. The number of halogens is 3. The number of hydrogen-bond acceptors (Lipinski definition) is 7. The van der Waals surface area contributed by atoms with E-state index in [9.17, 15) is 31.5 Å². The molecular formula is C23H25F3N4O6S. The van der Waals surface area contributed by atoms with Gasteiger partial charge in [0.15, 0.2) is 0 Å². The van der Waals surface area contributed by atoms with Gasteiger partial charge < -0.3 is 15.1 Å². The zero-order valence-electron chi connectivity index (χ0n) is 19.7. The van der Waals surface area contributed by atoms with Gasteiger partial charge in [-0.1, -0.05) is 18.2 Å². The molecule has 0 aromatic heterocycles. The van der Waals surface area contributed by atoms with Crippen LogP contribution in [0.3, 0.4) is 0 Å². The van der Waals surface area contributed by atoms with Crippen LogP contribution in [0.2, 0.25) is 0 Å². The number of nitrogens with one attached hydrogen (secondary N) is 1. The lowest BCUT2D eigenvalue weighted by Gasteiger charge is -2.36. The third kappa shape index (κ3) is 8.36. The molecule has 1 saturated heterocycles. The van der Waals surface area contributed by atoms with Crippen LogP contribution < -0.4 is 9.62 Å². The second kappa shape index (κ2) is 12.4. The predicted molar refractivity (Wildman–Crippen MR) is 128 cm³/mol. The molecule has 1 heterocycles. The van der Waals surface area contributed by atoms with E-state index in [1.807, 2.05) is 0 Å². The molecule has 200 valence electrons. The zero-order chi connectivity index (χ0) is 27.8. The number of alkyl halides is 3. The Morgan fingerprint density at radius 3 is 2.19 bits per heavy atom. The highest BCUT2D eigenvalue weighted by molar-refractivity contribution is 7.92. The van der Waals surface area contributed by atoms with E-state index in [2.05, 4.69) is 20.6 Å². The highest BCUT2D eigenvalue weighted by Gasteiger charge is 2.38. The molecule has 0 unspecified atom stereocenters. The van der Waals surface area contributed by atoms with Crippen molar-refractivity contribution >= 4 is 33.3 Å². The maximum atomic E-state index is 12.8. The summed E-state index contributed by atoms with van der Waals surface area (Å²) in [7, 11) is -3.91. The number of carbonyl (C=O) groups is 2. The molecule has 1 aliphatic heterocycles. The Balaban J connectivity index is 0.000000604. The quantitative estimate of drug-likeness (QED) is 0.479. The average molecular weight is 543 g/mol. The summed E-state index contributed by atoms with van der Waals surface area (Å²) in [6.45, 7) is 5.39. The SMILES string of the molecule is Cc1ccccc1S(=O)(=O)Nc1ccc(N2CCN(CCC#N)CC2)cc1C(=O)O.O=C(O)C(F)(F)F. The van der Waals surface area contributed by atoms with E-state index in [1.54, 1.807) is 31.2 Å². The van der Waals surface area contributed by atoms with Crippen LogP contribution in [-0.2, 0) is 14.8 Å². The van der Waals surface area contributed by atoms with Crippen molar-refractivity contribution in [1.82, 2.24) is 4.90 Å². The maximum absolute atomic E-state index is 12.8. The molecule has 0 radical (unpaired) electrons. The van der Waals surface area contributed by atoms with Crippen LogP contribution in [0.1, 0.15) is 22.3 Å². The number of aryl methyl sites for hydroxylation is 1. The first-order valence-corrected chi connectivity index (χ1v) is 12.3. The molecule has 0 atom stereocenters. The Morgan fingerprint density at radius 1 is 1.08 bits per heavy atom. The standard InChI is InChI=1S/C21H24N4O4S.C2HF3O2/c1-16-5-2-3-6-20(16)30(28,29)23-19-8-7-17(15-18(19)21(26)27)25-13-11-24(12-14-25)10-4-9-22;3-2(4,5)1(6)7/h2-3,5-8,15,23H,4,10-14H2,1H3,(H,26,27);(H,6,7). The van der Waals surface area contributed by atoms with Gasteiger partial charge in [0.05, 0.1) is 22.2 Å². The number of aromatic carboxylic acids is 1. The summed E-state index contributed by atoms with van der Waals surface area (Å²) in [5, 5.41) is 25.5. The van der Waals surface area contributed by atoms with Gasteiger partial charge in [0, 0.05) is 44.8 Å². The summed E-state index contributed by atoms with van der Waals surface area (Å²) in [5.41, 5.74) is 1.23. The summed E-state index contributed by atoms with van der Waals surface area (Å²) in [5.74, 6) is -3.96. The molecule has 0 aliphatic carbocycles. The number of nitriles is 1. The number of piperazine rings is 1. The van der Waals surface area contributed by atoms with E-state index in [4.69, 9.17) is 15.2 Å². The Morgan fingerprint density at radius 2 is 1.68 bits per heavy atom. The molecule has 0 bridgehead atoms. The lowest BCUT2D eigenvalue weighted by molar-refractivity contribution is -0.192. The van der Waals surface area contributed by atoms with E-state index in [1.165, 1.54) is 18.2 Å². The molecule has 0 spiro atoms. The van der Waals surface area contributed by atoms with Crippen LogP contribution in [0.25, 0.3) is 0 Å². The average Bonchev–Trinajstić information content (AvgIpc) is 2.83. The molecule has 3 N–H and O–H groups in total. The van der Waals surface area contributed by atoms with Crippen LogP contribution in [0.5, 0.6) is 0 Å². The van der Waals surface area contributed by atoms with Crippen LogP contribution in [0, 0.1) is 18.3 Å². The molecule has 2 aromatic rings. The topological polar surface area (TPSA) is 151 Å². The van der Waals surface area contributed by atoms with Gasteiger partial charge in [-0.05, 0) is 36.8 Å². The summed E-state index contributed by atoms with van der Waals surface area (Å²) in [6, 6.07) is 13.4. The monoisotopic (exact) mass is 542 g/mol. The minimum absolute atomic E-state index is 0.0298. The number of rotatable bonds is 7. The van der Waals surface area contributed by atoms with Crippen LogP contribution >= 0.6 is 0 Å². The number of sulfonamides is 1. The Hall–Kier alpha value is -3.83. The van der Waals surface area contributed by atoms with Gasteiger partial charge in [-0.3, -0.25) is 9.62 Å². The Labute approximate surface area is 211 Å². The first kappa shape index (κ1) is 29.4. The third-order valence-electron chi connectivity index (χ3n) is 5.38. The van der Waals surface area contributed by atoms with Crippen molar-refractivity contribution in [2.24, 2.45) is 0 Å². The van der Waals surface area contributed by atoms with E-state index in [-0.39, 0.29) is 16.1 Å². The number of carboxylic acid groups (broad SMARTS) is 2. The lowest BCUT2D eigenvalue weighted by atomic mass is 10.1. The summed E-state index contributed by atoms with van der Waals surface area (Å²) >= 11 is 0. The molecule has 1 fully saturated rings. The van der Waals surface area contributed by atoms with Crippen molar-refractivity contribution in [2.45, 2.75) is 24.4 Å². The van der Waals surface area contributed by atoms with Crippen LogP contribution in [0.15, 0.2) is 47.4 Å². The predicted octanol–water partition coefficient (Wildman–Crippen LogP) is 3.16. The molecule has 2 aromatic carbocycles. The molecule has 10 nitrogen and oxygen atoms in total. The molecule has 1 aliphatic rings. The normalized spacial score (nSPS) is 14.2. The Kier molecular flexibility index (Phi) is 9.87. The van der Waals surface area contributed by atoms with Gasteiger partial charge in [-0.25, -0.2) is 18.0 Å². The van der Waals surface area contributed by atoms with Gasteiger partial charge in [-0.15, -0.1) is 0 Å². The molecule has 3 rings (SSSR count). The van der Waals surface area contributed by atoms with Crippen LogP contribution in [0.4, 0.5) is 24.5 Å². The minimum atomic E-state index is -5.08. The van der Waals surface area contributed by atoms with Gasteiger partial charge in [0.25, 0.3) is 10.0 Å². The van der Waals surface area contributed by atoms with E-state index < -0.39 is 28.1 Å². The van der Waals surface area contributed by atoms with Crippen LogP contribution in [-0.4, -0.2) is 74.4 Å². The summed E-state index contributed by atoms with van der Waals surface area (Å²) in [4.78, 5) is 25.1. The third-order valence-corrected chi connectivity index (χ3v) is 6.91. The van der Waals surface area contributed by atoms with Gasteiger partial charge in [-0.2, -0.15) is 18.4 Å². The van der Waals surface area contributed by atoms with E-state index in [0.717, 1.165) is 25.3 Å². The van der Waals surface area contributed by atoms with Crippen molar-refractivity contribution < 1.29 is 41.4 Å². The van der Waals surface area contributed by atoms with E-state index in [0.29, 0.717) is 25.1 Å². The molecule has 37 heavy (non-hydrogen) atoms. The van der Waals surface area contributed by atoms with Gasteiger partial charge in [0.1, 0.15) is 0 Å². The molecule has 0 amide bonds. The first-order chi connectivity index (χ1) is 17.3. The van der Waals surface area contributed by atoms with Crippen molar-refractivity contribution in [3.05, 3.63) is 53.6 Å². The number of nitrogens with zero attached hydrogens (tertiary/aromatic N) is 3. The second-order valence-corrected chi connectivity index (χ2v) is 9.60. The second-order valence-electron chi connectivity index (χ2n) is 7.95. The fraction of sp³-hybridized carbons (Fsp3) is 0.348. The first-order valence-electron chi connectivity index (χ1n) is 10.9. The maximum Gasteiger partial charge on any atom is 0.490 e. The molecule has 14 heteroatoms. The van der Waals surface area contributed by atoms with Gasteiger partial charge >= 0.3 is 18.1 Å². The summed E-state index contributed by atoms with van der Waals surface area (Å²) in [6.07, 6.45) is -4.60. The Bertz CT molecular complexity index is 1270. The van der Waals surface area contributed by atoms with Gasteiger partial charge in [0.2, 0.25) is 0 Å². The fourth-order valence-corrected chi connectivity index (χ4v) is 4.82. The molecule has 0 saturated carbocycles. The molecular weight excluding hydrogens is 517 g/mol. The minimum Gasteiger partial charge on any atom is -0.478 e. The highest BCUT2D eigenvalue weighted by atomic mass is 32.2. The van der Waals surface area contributed by atoms with Crippen molar-refractivity contribution in [3.8, 4) is 6.07 Å². The van der Waals surface area contributed by atoms with E-state index >= 15 is 0 Å². The number of benzene rings is 2. The largest absolute Gasteiger partial charge is 0.490 e. The fourth-order valence-electron chi connectivity index (χ4n) is 3.49. The zero-order valence-corrected chi connectivity index (χ0v) is 20.5. The summed E-state index contributed by atoms with van der Waals surface area (Å²) < 4.78 is 59.7. The number of anilines is 2. The number of hydrogen-bond donors (Lipinski definition) is 3. The number of carboxylic acids is 2.